The van der Waals surface area contributed by atoms with Crippen molar-refractivity contribution >= 4 is 22.6 Å². The number of carbonyl (C=O) groups excluding carboxylic acids is 1. The number of nitrogens with zero attached hydrogens (tertiary/aromatic N) is 3. The van der Waals surface area contributed by atoms with Crippen LogP contribution in [0, 0.1) is 5.92 Å². The van der Waals surface area contributed by atoms with Crippen molar-refractivity contribution < 1.29 is 14.3 Å². The summed E-state index contributed by atoms with van der Waals surface area (Å²) in [7, 11) is 3.47. The summed E-state index contributed by atoms with van der Waals surface area (Å²) in [5.74, 6) is 2.44. The lowest BCUT2D eigenvalue weighted by Gasteiger charge is -2.15. The second-order valence-electron chi connectivity index (χ2n) is 8.75. The van der Waals surface area contributed by atoms with Crippen molar-refractivity contribution in [1.82, 2.24) is 9.55 Å². The molecule has 6 nitrogen and oxygen atoms in total. The number of ether oxygens (including phenoxy) is 2. The Hall–Kier alpha value is -1.92. The monoisotopic (exact) mass is 447 g/mol. The van der Waals surface area contributed by atoms with Crippen LogP contribution < -0.4 is 4.90 Å². The minimum atomic E-state index is 0.0291. The number of aromatic nitrogens is 2. The van der Waals surface area contributed by atoms with E-state index in [9.17, 15) is 4.79 Å². The zero-order valence-electron chi connectivity index (χ0n) is 21.6. The molecule has 1 aromatic heterocycles. The Morgan fingerprint density at radius 3 is 2.53 bits per heavy atom. The van der Waals surface area contributed by atoms with Crippen LogP contribution in [-0.4, -0.2) is 49.4 Å². The molecule has 1 fully saturated rings. The van der Waals surface area contributed by atoms with E-state index in [2.05, 4.69) is 43.1 Å². The maximum Gasteiger partial charge on any atom is 0.223 e. The van der Waals surface area contributed by atoms with Gasteiger partial charge in [0.15, 0.2) is 0 Å². The summed E-state index contributed by atoms with van der Waals surface area (Å²) in [6.07, 6.45) is 4.97. The van der Waals surface area contributed by atoms with Gasteiger partial charge >= 0.3 is 0 Å². The van der Waals surface area contributed by atoms with Gasteiger partial charge in [0.1, 0.15) is 5.82 Å². The Balaban J connectivity index is 0.000000350. The van der Waals surface area contributed by atoms with Gasteiger partial charge in [0, 0.05) is 59.1 Å². The normalized spacial score (nSPS) is 16.0. The van der Waals surface area contributed by atoms with Crippen molar-refractivity contribution in [1.29, 1.82) is 0 Å². The number of hydrogen-bond donors (Lipinski definition) is 0. The van der Waals surface area contributed by atoms with Crippen molar-refractivity contribution in [3.63, 3.8) is 0 Å². The van der Waals surface area contributed by atoms with E-state index in [-0.39, 0.29) is 5.91 Å². The number of hydrogen-bond acceptors (Lipinski definition) is 4. The molecule has 0 N–H and O–H groups in total. The highest BCUT2D eigenvalue weighted by atomic mass is 16.5. The lowest BCUT2D eigenvalue weighted by molar-refractivity contribution is -0.116. The molecular formula is C26H45N3O3. The molecule has 1 amide bonds. The van der Waals surface area contributed by atoms with Crippen molar-refractivity contribution in [2.45, 2.75) is 79.7 Å². The summed E-state index contributed by atoms with van der Waals surface area (Å²) in [6, 6.07) is 6.05. The van der Waals surface area contributed by atoms with E-state index >= 15 is 0 Å². The molecule has 182 valence electrons. The van der Waals surface area contributed by atoms with E-state index in [1.807, 2.05) is 19.1 Å². The lowest BCUT2D eigenvalue weighted by Crippen LogP contribution is -2.22. The van der Waals surface area contributed by atoms with Crippen LogP contribution in [0.5, 0.6) is 0 Å². The third kappa shape index (κ3) is 8.91. The molecule has 0 saturated carbocycles. The summed E-state index contributed by atoms with van der Waals surface area (Å²) in [5.41, 5.74) is 3.01. The molecule has 1 aliphatic heterocycles. The molecule has 2 heterocycles. The summed E-state index contributed by atoms with van der Waals surface area (Å²) >= 11 is 0. The van der Waals surface area contributed by atoms with Gasteiger partial charge in [-0.1, -0.05) is 27.7 Å². The molecule has 32 heavy (non-hydrogen) atoms. The standard InChI is InChI=1S/C16H23N3O.C7H14O.C3H8O/c1-6-9-19-15-8-7-13(18(5)12(4)20)10-14(15)17-16(19)11(2)3;1-7-3-2-5-8-6-4-7;1-3-4-2/h7-8,10-11H,6,9H2,1-5H3;7H,2-6H2,1H3;3H2,1-2H3. The van der Waals surface area contributed by atoms with E-state index in [0.717, 1.165) is 61.2 Å². The highest BCUT2D eigenvalue weighted by Gasteiger charge is 2.15. The molecule has 6 heteroatoms. The van der Waals surface area contributed by atoms with Crippen molar-refractivity contribution in [3.8, 4) is 0 Å². The summed E-state index contributed by atoms with van der Waals surface area (Å²) in [6.45, 7) is 16.1. The van der Waals surface area contributed by atoms with Gasteiger partial charge in [-0.05, 0) is 56.7 Å². The first-order chi connectivity index (χ1) is 15.3. The highest BCUT2D eigenvalue weighted by Crippen LogP contribution is 2.26. The van der Waals surface area contributed by atoms with Gasteiger partial charge in [-0.2, -0.15) is 0 Å². The Kier molecular flexibility index (Phi) is 13.2. The molecule has 1 aliphatic rings. The number of fused-ring (bicyclic) bond motifs is 1. The average Bonchev–Trinajstić information content (AvgIpc) is 2.96. The Morgan fingerprint density at radius 2 is 1.97 bits per heavy atom. The van der Waals surface area contributed by atoms with Crippen LogP contribution >= 0.6 is 0 Å². The van der Waals surface area contributed by atoms with Gasteiger partial charge < -0.3 is 18.9 Å². The third-order valence-electron chi connectivity index (χ3n) is 5.61. The Labute approximate surface area is 195 Å². The van der Waals surface area contributed by atoms with Gasteiger partial charge in [-0.25, -0.2) is 4.98 Å². The first-order valence-electron chi connectivity index (χ1n) is 12.1. The van der Waals surface area contributed by atoms with E-state index in [4.69, 9.17) is 9.72 Å². The molecule has 1 atom stereocenters. The average molecular weight is 448 g/mol. The molecule has 1 aromatic carbocycles. The summed E-state index contributed by atoms with van der Waals surface area (Å²) in [4.78, 5) is 17.9. The van der Waals surface area contributed by atoms with Crippen LogP contribution in [-0.2, 0) is 20.8 Å². The minimum Gasteiger partial charge on any atom is -0.385 e. The summed E-state index contributed by atoms with van der Waals surface area (Å²) < 4.78 is 12.1. The first kappa shape index (κ1) is 28.1. The molecule has 0 aliphatic carbocycles. The topological polar surface area (TPSA) is 56.6 Å². The van der Waals surface area contributed by atoms with E-state index in [0.29, 0.717) is 5.92 Å². The van der Waals surface area contributed by atoms with Crippen molar-refractivity contribution in [2.75, 3.05) is 38.9 Å². The van der Waals surface area contributed by atoms with Crippen LogP contribution in [0.4, 0.5) is 5.69 Å². The molecule has 3 rings (SSSR count). The van der Waals surface area contributed by atoms with Crippen LogP contribution in [0.15, 0.2) is 18.2 Å². The first-order valence-corrected chi connectivity index (χ1v) is 12.1. The van der Waals surface area contributed by atoms with Gasteiger partial charge in [-0.3, -0.25) is 4.79 Å². The maximum absolute atomic E-state index is 11.5. The highest BCUT2D eigenvalue weighted by molar-refractivity contribution is 5.93. The van der Waals surface area contributed by atoms with Crippen LogP contribution in [0.2, 0.25) is 0 Å². The van der Waals surface area contributed by atoms with Crippen molar-refractivity contribution in [2.24, 2.45) is 5.92 Å². The third-order valence-corrected chi connectivity index (χ3v) is 5.61. The predicted octanol–water partition coefficient (Wildman–Crippen LogP) is 6.03. The second-order valence-corrected chi connectivity index (χ2v) is 8.75. The van der Waals surface area contributed by atoms with Gasteiger partial charge in [-0.15, -0.1) is 0 Å². The smallest absolute Gasteiger partial charge is 0.223 e. The number of anilines is 1. The number of amides is 1. The Morgan fingerprint density at radius 1 is 1.28 bits per heavy atom. The van der Waals surface area contributed by atoms with Gasteiger partial charge in [0.25, 0.3) is 0 Å². The zero-order valence-corrected chi connectivity index (χ0v) is 21.6. The quantitative estimate of drug-likeness (QED) is 0.562. The molecular weight excluding hydrogens is 402 g/mol. The van der Waals surface area contributed by atoms with Gasteiger partial charge in [0.2, 0.25) is 5.91 Å². The summed E-state index contributed by atoms with van der Waals surface area (Å²) in [5, 5.41) is 0. The van der Waals surface area contributed by atoms with Crippen LogP contribution in [0.25, 0.3) is 11.0 Å². The van der Waals surface area contributed by atoms with Crippen molar-refractivity contribution in [3.05, 3.63) is 24.0 Å². The number of rotatable bonds is 5. The molecule has 1 unspecified atom stereocenters. The minimum absolute atomic E-state index is 0.0291. The number of carbonyl (C=O) groups is 1. The molecule has 2 aromatic rings. The van der Waals surface area contributed by atoms with E-state index < -0.39 is 0 Å². The number of methoxy groups -OCH3 is 1. The second kappa shape index (κ2) is 15.0. The molecule has 0 radical (unpaired) electrons. The SMILES string of the molecule is CC1CCCOCC1.CCCn1c(C(C)C)nc2cc(N(C)C(C)=O)ccc21.CCOC. The fourth-order valence-electron chi connectivity index (χ4n) is 3.49. The predicted molar refractivity (Wildman–Crippen MR) is 135 cm³/mol. The van der Waals surface area contributed by atoms with Gasteiger partial charge in [0.05, 0.1) is 11.0 Å². The maximum atomic E-state index is 11.5. The number of imidazole rings is 1. The van der Waals surface area contributed by atoms with Crippen LogP contribution in [0.1, 0.15) is 79.0 Å². The fraction of sp³-hybridized carbons (Fsp3) is 0.692. The molecule has 0 bridgehead atoms. The Bertz CT molecular complexity index is 791. The van der Waals surface area contributed by atoms with Crippen LogP contribution in [0.3, 0.4) is 0 Å². The number of benzene rings is 1. The van der Waals surface area contributed by atoms with E-state index in [1.54, 1.807) is 26.0 Å². The lowest BCUT2D eigenvalue weighted by atomic mass is 10.0. The van der Waals surface area contributed by atoms with E-state index in [1.165, 1.54) is 19.3 Å². The zero-order chi connectivity index (χ0) is 24.1. The largest absolute Gasteiger partial charge is 0.385 e. The fourth-order valence-corrected chi connectivity index (χ4v) is 3.49. The molecule has 1 saturated heterocycles. The molecule has 0 spiro atoms. The number of aryl methyl sites for hydroxylation is 1.